The van der Waals surface area contributed by atoms with Crippen LogP contribution >= 0.6 is 0 Å². The SMILES string of the molecule is CC1=C(C)C([Si](C)(C)C2C=CC=C2)C(c2ccccc2F)=C1C. The molecule has 1 unspecified atom stereocenters. The summed E-state index contributed by atoms with van der Waals surface area (Å²) in [6.45, 7) is 11.5. The van der Waals surface area contributed by atoms with Crippen molar-refractivity contribution in [3.05, 3.63) is 76.7 Å². The average Bonchev–Trinajstić information content (AvgIpc) is 3.12. The summed E-state index contributed by atoms with van der Waals surface area (Å²) in [5, 5.41) is 0. The molecular weight excluding hydrogens is 299 g/mol. The zero-order chi connectivity index (χ0) is 16.8. The van der Waals surface area contributed by atoms with Crippen LogP contribution in [0.5, 0.6) is 0 Å². The maximum atomic E-state index is 14.5. The third-order valence-corrected chi connectivity index (χ3v) is 10.1. The van der Waals surface area contributed by atoms with Crippen LogP contribution in [0.15, 0.2) is 65.3 Å². The molecule has 2 aliphatic rings. The van der Waals surface area contributed by atoms with Gasteiger partial charge in [-0.3, -0.25) is 0 Å². The Balaban J connectivity index is 2.16. The summed E-state index contributed by atoms with van der Waals surface area (Å²) in [6.07, 6.45) is 8.95. The van der Waals surface area contributed by atoms with Crippen molar-refractivity contribution in [2.24, 2.45) is 0 Å². The Morgan fingerprint density at radius 1 is 0.913 bits per heavy atom. The summed E-state index contributed by atoms with van der Waals surface area (Å²) in [5.74, 6) is -0.100. The van der Waals surface area contributed by atoms with Crippen LogP contribution in [-0.4, -0.2) is 8.07 Å². The Morgan fingerprint density at radius 2 is 1.52 bits per heavy atom. The molecule has 23 heavy (non-hydrogen) atoms. The molecule has 2 heteroatoms. The van der Waals surface area contributed by atoms with Crippen molar-refractivity contribution in [2.45, 2.75) is 44.9 Å². The second kappa shape index (κ2) is 5.75. The number of allylic oxidation sites excluding steroid dienone is 8. The highest BCUT2D eigenvalue weighted by atomic mass is 28.3. The van der Waals surface area contributed by atoms with Crippen LogP contribution in [-0.2, 0) is 0 Å². The van der Waals surface area contributed by atoms with Gasteiger partial charge in [-0.1, -0.05) is 61.2 Å². The second-order valence-corrected chi connectivity index (χ2v) is 12.3. The molecule has 1 atom stereocenters. The van der Waals surface area contributed by atoms with Gasteiger partial charge in [-0.25, -0.2) is 4.39 Å². The highest BCUT2D eigenvalue weighted by Gasteiger charge is 2.44. The van der Waals surface area contributed by atoms with E-state index in [2.05, 4.69) is 58.2 Å². The smallest absolute Gasteiger partial charge is 0.130 e. The van der Waals surface area contributed by atoms with Crippen molar-refractivity contribution in [2.75, 3.05) is 0 Å². The predicted octanol–water partition coefficient (Wildman–Crippen LogP) is 6.52. The quantitative estimate of drug-likeness (QED) is 0.555. The number of hydrogen-bond acceptors (Lipinski definition) is 0. The van der Waals surface area contributed by atoms with Crippen LogP contribution in [0.25, 0.3) is 5.57 Å². The van der Waals surface area contributed by atoms with Gasteiger partial charge in [0.2, 0.25) is 0 Å². The monoisotopic (exact) mass is 324 g/mol. The molecule has 0 saturated carbocycles. The second-order valence-electron chi connectivity index (χ2n) is 7.38. The van der Waals surface area contributed by atoms with Crippen molar-refractivity contribution in [3.8, 4) is 0 Å². The Morgan fingerprint density at radius 3 is 2.13 bits per heavy atom. The minimum atomic E-state index is -1.71. The lowest BCUT2D eigenvalue weighted by atomic mass is 9.99. The zero-order valence-electron chi connectivity index (χ0n) is 14.7. The van der Waals surface area contributed by atoms with Gasteiger partial charge in [-0.2, -0.15) is 0 Å². The van der Waals surface area contributed by atoms with Crippen LogP contribution in [0.4, 0.5) is 4.39 Å². The van der Waals surface area contributed by atoms with Crippen molar-refractivity contribution in [1.82, 2.24) is 0 Å². The molecule has 0 bridgehead atoms. The highest BCUT2D eigenvalue weighted by molar-refractivity contribution is 6.83. The van der Waals surface area contributed by atoms with Crippen molar-refractivity contribution in [1.29, 1.82) is 0 Å². The van der Waals surface area contributed by atoms with Gasteiger partial charge in [0, 0.05) is 11.1 Å². The van der Waals surface area contributed by atoms with Gasteiger partial charge >= 0.3 is 0 Å². The van der Waals surface area contributed by atoms with Gasteiger partial charge in [-0.05, 0) is 49.1 Å². The van der Waals surface area contributed by atoms with E-state index >= 15 is 0 Å². The summed E-state index contributed by atoms with van der Waals surface area (Å²) in [5.41, 5.74) is 6.95. The van der Waals surface area contributed by atoms with E-state index in [1.165, 1.54) is 22.3 Å². The highest BCUT2D eigenvalue weighted by Crippen LogP contribution is 2.55. The molecule has 0 spiro atoms. The van der Waals surface area contributed by atoms with Gasteiger partial charge in [-0.15, -0.1) is 0 Å². The van der Waals surface area contributed by atoms with Crippen molar-refractivity contribution in [3.63, 3.8) is 0 Å². The third kappa shape index (κ3) is 2.49. The summed E-state index contributed by atoms with van der Waals surface area (Å²) < 4.78 is 14.5. The van der Waals surface area contributed by atoms with Gasteiger partial charge in [0.05, 0.1) is 8.07 Å². The van der Waals surface area contributed by atoms with E-state index in [0.29, 0.717) is 11.1 Å². The lowest BCUT2D eigenvalue weighted by Crippen LogP contribution is -2.37. The molecule has 0 saturated heterocycles. The van der Waals surface area contributed by atoms with Gasteiger partial charge in [0.1, 0.15) is 5.82 Å². The van der Waals surface area contributed by atoms with E-state index in [-0.39, 0.29) is 5.82 Å². The van der Waals surface area contributed by atoms with E-state index in [0.717, 1.165) is 5.56 Å². The average molecular weight is 325 g/mol. The first kappa shape index (κ1) is 16.2. The molecule has 1 aromatic carbocycles. The molecule has 0 aliphatic heterocycles. The number of benzene rings is 1. The fourth-order valence-corrected chi connectivity index (χ4v) is 8.28. The summed E-state index contributed by atoms with van der Waals surface area (Å²) >= 11 is 0. The first-order valence-corrected chi connectivity index (χ1v) is 11.5. The predicted molar refractivity (Wildman–Crippen MR) is 101 cm³/mol. The Kier molecular flexibility index (Phi) is 4.05. The maximum absolute atomic E-state index is 14.5. The molecule has 0 heterocycles. The van der Waals surface area contributed by atoms with Crippen LogP contribution in [0.2, 0.25) is 24.2 Å². The third-order valence-electron chi connectivity index (χ3n) is 5.79. The summed E-state index contributed by atoms with van der Waals surface area (Å²) in [6, 6.07) is 7.25. The largest absolute Gasteiger partial charge is 0.206 e. The normalized spacial score (nSPS) is 21.9. The Hall–Kier alpha value is -1.67. The molecular formula is C21H25FSi. The summed E-state index contributed by atoms with van der Waals surface area (Å²) in [4.78, 5) is 0. The molecule has 0 amide bonds. The standard InChI is InChI=1S/C21H25FSi/c1-14-15(2)20(18-12-8-9-13-19(18)22)21(16(14)3)23(4,5)17-10-6-7-11-17/h6-13,17,21H,1-5H3. The molecule has 0 aromatic heterocycles. The number of hydrogen-bond donors (Lipinski definition) is 0. The fraction of sp³-hybridized carbons (Fsp3) is 0.333. The number of rotatable bonds is 3. The van der Waals surface area contributed by atoms with E-state index in [1.807, 2.05) is 12.1 Å². The lowest BCUT2D eigenvalue weighted by Gasteiger charge is -2.37. The Labute approximate surface area is 140 Å². The molecule has 1 aromatic rings. The zero-order valence-corrected chi connectivity index (χ0v) is 15.7. The minimum absolute atomic E-state index is 0.100. The van der Waals surface area contributed by atoms with E-state index in [9.17, 15) is 4.39 Å². The molecule has 0 fully saturated rings. The maximum Gasteiger partial charge on any atom is 0.130 e. The fourth-order valence-electron chi connectivity index (χ4n) is 4.23. The molecule has 0 nitrogen and oxygen atoms in total. The minimum Gasteiger partial charge on any atom is -0.206 e. The van der Waals surface area contributed by atoms with Crippen molar-refractivity contribution < 1.29 is 4.39 Å². The Bertz CT molecular complexity index is 750. The van der Waals surface area contributed by atoms with Crippen LogP contribution in [0, 0.1) is 5.82 Å². The molecule has 3 rings (SSSR count). The van der Waals surface area contributed by atoms with Gasteiger partial charge in [0.25, 0.3) is 0 Å². The first-order valence-electron chi connectivity index (χ1n) is 8.34. The molecule has 0 N–H and O–H groups in total. The molecule has 0 radical (unpaired) electrons. The summed E-state index contributed by atoms with van der Waals surface area (Å²) in [7, 11) is -1.71. The topological polar surface area (TPSA) is 0 Å². The van der Waals surface area contributed by atoms with E-state index in [4.69, 9.17) is 0 Å². The molecule has 2 aliphatic carbocycles. The van der Waals surface area contributed by atoms with E-state index < -0.39 is 8.07 Å². The first-order chi connectivity index (χ1) is 10.9. The van der Waals surface area contributed by atoms with E-state index in [1.54, 1.807) is 12.1 Å². The van der Waals surface area contributed by atoms with Crippen molar-refractivity contribution >= 4 is 13.6 Å². The van der Waals surface area contributed by atoms with Gasteiger partial charge in [0.15, 0.2) is 0 Å². The lowest BCUT2D eigenvalue weighted by molar-refractivity contribution is 0.623. The van der Waals surface area contributed by atoms with Crippen LogP contribution < -0.4 is 0 Å². The number of halogens is 1. The van der Waals surface area contributed by atoms with Crippen LogP contribution in [0.3, 0.4) is 0 Å². The van der Waals surface area contributed by atoms with Gasteiger partial charge < -0.3 is 0 Å². The molecule has 120 valence electrons. The van der Waals surface area contributed by atoms with Crippen LogP contribution in [0.1, 0.15) is 26.3 Å².